The van der Waals surface area contributed by atoms with Gasteiger partial charge in [-0.15, -0.1) is 0 Å². The highest BCUT2D eigenvalue weighted by molar-refractivity contribution is 7.07. The zero-order valence-corrected chi connectivity index (χ0v) is 11.5. The molecule has 1 fully saturated rings. The standard InChI is InChI=1S/C14H23NOS/c1-15-13(10-12-7-9-17-11-12)4-2-5-14-6-3-8-16-14/h7,9,11,13-15H,2-6,8,10H2,1H3. The molecule has 1 saturated heterocycles. The van der Waals surface area contributed by atoms with E-state index in [4.69, 9.17) is 4.74 Å². The highest BCUT2D eigenvalue weighted by Crippen LogP contribution is 2.19. The van der Waals surface area contributed by atoms with Gasteiger partial charge in [-0.3, -0.25) is 0 Å². The van der Waals surface area contributed by atoms with Crippen LogP contribution in [0.2, 0.25) is 0 Å². The third kappa shape index (κ3) is 4.41. The molecule has 1 aliphatic rings. The molecule has 2 unspecified atom stereocenters. The predicted octanol–water partition coefficient (Wildman–Crippen LogP) is 3.23. The highest BCUT2D eigenvalue weighted by Gasteiger charge is 2.15. The van der Waals surface area contributed by atoms with Gasteiger partial charge in [0, 0.05) is 12.6 Å². The molecule has 2 nitrogen and oxygen atoms in total. The zero-order chi connectivity index (χ0) is 11.9. The molecule has 1 aromatic rings. The van der Waals surface area contributed by atoms with Gasteiger partial charge in [0.2, 0.25) is 0 Å². The molecule has 0 bridgehead atoms. The fourth-order valence-electron chi connectivity index (χ4n) is 2.51. The van der Waals surface area contributed by atoms with Gasteiger partial charge in [-0.2, -0.15) is 11.3 Å². The SMILES string of the molecule is CNC(CCCC1CCCO1)Cc1ccsc1. The monoisotopic (exact) mass is 253 g/mol. The largest absolute Gasteiger partial charge is 0.378 e. The molecule has 1 aliphatic heterocycles. The summed E-state index contributed by atoms with van der Waals surface area (Å²) in [5, 5.41) is 7.85. The maximum atomic E-state index is 5.66. The summed E-state index contributed by atoms with van der Waals surface area (Å²) in [5.41, 5.74) is 1.46. The average molecular weight is 253 g/mol. The second-order valence-electron chi connectivity index (χ2n) is 4.89. The Labute approximate surface area is 108 Å². The molecular weight excluding hydrogens is 230 g/mol. The second kappa shape index (κ2) is 7.14. The summed E-state index contributed by atoms with van der Waals surface area (Å²) < 4.78 is 5.66. The Hall–Kier alpha value is -0.380. The lowest BCUT2D eigenvalue weighted by atomic mass is 10.0. The van der Waals surface area contributed by atoms with E-state index in [0.717, 1.165) is 13.0 Å². The van der Waals surface area contributed by atoms with E-state index in [1.165, 1.54) is 37.7 Å². The number of ether oxygens (including phenoxy) is 1. The minimum atomic E-state index is 0.550. The van der Waals surface area contributed by atoms with E-state index in [0.29, 0.717) is 12.1 Å². The lowest BCUT2D eigenvalue weighted by Gasteiger charge is -2.16. The van der Waals surface area contributed by atoms with Crippen molar-refractivity contribution in [1.29, 1.82) is 0 Å². The molecule has 2 rings (SSSR count). The fraction of sp³-hybridized carbons (Fsp3) is 0.714. The van der Waals surface area contributed by atoms with Crippen molar-refractivity contribution in [1.82, 2.24) is 5.32 Å². The molecule has 0 aromatic carbocycles. The third-order valence-electron chi connectivity index (χ3n) is 3.57. The first-order valence-electron chi connectivity index (χ1n) is 6.68. The van der Waals surface area contributed by atoms with E-state index >= 15 is 0 Å². The van der Waals surface area contributed by atoms with Gasteiger partial charge in [0.05, 0.1) is 6.10 Å². The van der Waals surface area contributed by atoms with Gasteiger partial charge in [0.15, 0.2) is 0 Å². The lowest BCUT2D eigenvalue weighted by Crippen LogP contribution is -2.27. The highest BCUT2D eigenvalue weighted by atomic mass is 32.1. The average Bonchev–Trinajstić information content (AvgIpc) is 3.00. The summed E-state index contributed by atoms with van der Waals surface area (Å²) in [5.74, 6) is 0. The van der Waals surface area contributed by atoms with Crippen LogP contribution >= 0.6 is 11.3 Å². The predicted molar refractivity (Wildman–Crippen MR) is 73.7 cm³/mol. The van der Waals surface area contributed by atoms with Crippen molar-refractivity contribution in [3.8, 4) is 0 Å². The minimum Gasteiger partial charge on any atom is -0.378 e. The molecule has 1 N–H and O–H groups in total. The molecule has 96 valence electrons. The minimum absolute atomic E-state index is 0.550. The summed E-state index contributed by atoms with van der Waals surface area (Å²) >= 11 is 1.79. The summed E-state index contributed by atoms with van der Waals surface area (Å²) in [7, 11) is 2.07. The van der Waals surface area contributed by atoms with Crippen LogP contribution in [0, 0.1) is 0 Å². The van der Waals surface area contributed by atoms with Crippen molar-refractivity contribution in [2.24, 2.45) is 0 Å². The van der Waals surface area contributed by atoms with Crippen LogP contribution in [-0.2, 0) is 11.2 Å². The Bertz CT molecular complexity index is 293. The molecule has 1 aromatic heterocycles. The van der Waals surface area contributed by atoms with Gasteiger partial charge in [-0.05, 0) is 68.0 Å². The van der Waals surface area contributed by atoms with Gasteiger partial charge in [-0.1, -0.05) is 0 Å². The Morgan fingerprint density at radius 1 is 1.59 bits per heavy atom. The maximum Gasteiger partial charge on any atom is 0.0576 e. The molecule has 0 saturated carbocycles. The number of likely N-dealkylation sites (N-methyl/N-ethyl adjacent to an activating group) is 1. The van der Waals surface area contributed by atoms with E-state index in [1.807, 2.05) is 0 Å². The van der Waals surface area contributed by atoms with E-state index < -0.39 is 0 Å². The third-order valence-corrected chi connectivity index (χ3v) is 4.31. The zero-order valence-electron chi connectivity index (χ0n) is 10.7. The van der Waals surface area contributed by atoms with Crippen LogP contribution in [-0.4, -0.2) is 25.8 Å². The van der Waals surface area contributed by atoms with Gasteiger partial charge >= 0.3 is 0 Å². The van der Waals surface area contributed by atoms with Crippen LogP contribution in [0.4, 0.5) is 0 Å². The summed E-state index contributed by atoms with van der Waals surface area (Å²) in [6, 6.07) is 2.85. The molecule has 2 heterocycles. The Balaban J connectivity index is 1.64. The van der Waals surface area contributed by atoms with Crippen LogP contribution in [0.1, 0.15) is 37.7 Å². The van der Waals surface area contributed by atoms with Crippen molar-refractivity contribution in [3.05, 3.63) is 22.4 Å². The fourth-order valence-corrected chi connectivity index (χ4v) is 3.19. The first-order valence-corrected chi connectivity index (χ1v) is 7.62. The topological polar surface area (TPSA) is 21.3 Å². The maximum absolute atomic E-state index is 5.66. The molecular formula is C14H23NOS. The lowest BCUT2D eigenvalue weighted by molar-refractivity contribution is 0.101. The van der Waals surface area contributed by atoms with Crippen LogP contribution < -0.4 is 5.32 Å². The Morgan fingerprint density at radius 2 is 2.53 bits per heavy atom. The number of nitrogens with one attached hydrogen (secondary N) is 1. The van der Waals surface area contributed by atoms with Crippen molar-refractivity contribution >= 4 is 11.3 Å². The quantitative estimate of drug-likeness (QED) is 0.805. The van der Waals surface area contributed by atoms with E-state index in [-0.39, 0.29) is 0 Å². The Morgan fingerprint density at radius 3 is 3.18 bits per heavy atom. The molecule has 0 aliphatic carbocycles. The second-order valence-corrected chi connectivity index (χ2v) is 5.67. The molecule has 0 radical (unpaired) electrons. The molecule has 17 heavy (non-hydrogen) atoms. The van der Waals surface area contributed by atoms with Crippen molar-refractivity contribution in [2.45, 2.75) is 50.7 Å². The molecule has 0 amide bonds. The summed E-state index contributed by atoms with van der Waals surface area (Å²) in [6.07, 6.45) is 8.01. The molecule has 0 spiro atoms. The van der Waals surface area contributed by atoms with Crippen molar-refractivity contribution < 1.29 is 4.74 Å². The summed E-state index contributed by atoms with van der Waals surface area (Å²) in [4.78, 5) is 0. The van der Waals surface area contributed by atoms with E-state index in [1.54, 1.807) is 11.3 Å². The smallest absolute Gasteiger partial charge is 0.0576 e. The van der Waals surface area contributed by atoms with Crippen LogP contribution in [0.5, 0.6) is 0 Å². The van der Waals surface area contributed by atoms with Crippen LogP contribution in [0.15, 0.2) is 16.8 Å². The number of hydrogen-bond acceptors (Lipinski definition) is 3. The first kappa shape index (κ1) is 13.1. The van der Waals surface area contributed by atoms with Gasteiger partial charge in [0.1, 0.15) is 0 Å². The number of hydrogen-bond donors (Lipinski definition) is 1. The van der Waals surface area contributed by atoms with Crippen molar-refractivity contribution in [3.63, 3.8) is 0 Å². The van der Waals surface area contributed by atoms with Gasteiger partial charge < -0.3 is 10.1 Å². The summed E-state index contributed by atoms with van der Waals surface area (Å²) in [6.45, 7) is 0.981. The van der Waals surface area contributed by atoms with Crippen LogP contribution in [0.3, 0.4) is 0 Å². The van der Waals surface area contributed by atoms with Gasteiger partial charge in [0.25, 0.3) is 0 Å². The van der Waals surface area contributed by atoms with Crippen LogP contribution in [0.25, 0.3) is 0 Å². The molecule has 2 atom stereocenters. The molecule has 3 heteroatoms. The number of thiophene rings is 1. The van der Waals surface area contributed by atoms with Gasteiger partial charge in [-0.25, -0.2) is 0 Å². The normalized spacial score (nSPS) is 21.8. The van der Waals surface area contributed by atoms with E-state index in [2.05, 4.69) is 29.2 Å². The number of rotatable bonds is 7. The first-order chi connectivity index (χ1) is 8.38. The Kier molecular flexibility index (Phi) is 5.49. The van der Waals surface area contributed by atoms with Crippen molar-refractivity contribution in [2.75, 3.05) is 13.7 Å². The van der Waals surface area contributed by atoms with E-state index in [9.17, 15) is 0 Å².